The van der Waals surface area contributed by atoms with Crippen LogP contribution >= 0.6 is 11.6 Å². The molecule has 2 aromatic heterocycles. The van der Waals surface area contributed by atoms with Crippen LogP contribution in [0.3, 0.4) is 0 Å². The Morgan fingerprint density at radius 2 is 1.88 bits per heavy atom. The Bertz CT molecular complexity index is 678. The monoisotopic (exact) mass is 248 g/mol. The minimum absolute atomic E-state index is 0.115. The van der Waals surface area contributed by atoms with Gasteiger partial charge in [0, 0.05) is 5.56 Å². The molecule has 0 aliphatic heterocycles. The number of halogens is 2. The van der Waals surface area contributed by atoms with Gasteiger partial charge in [0.25, 0.3) is 0 Å². The van der Waals surface area contributed by atoms with Crippen molar-refractivity contribution in [2.75, 3.05) is 0 Å². The van der Waals surface area contributed by atoms with Crippen molar-refractivity contribution >= 4 is 22.8 Å². The average molecular weight is 249 g/mol. The molecule has 0 aliphatic rings. The molecular formula is C11H6ClFN4. The Morgan fingerprint density at radius 1 is 1.12 bits per heavy atom. The fourth-order valence-electron chi connectivity index (χ4n) is 1.62. The van der Waals surface area contributed by atoms with Gasteiger partial charge in [-0.3, -0.25) is 0 Å². The summed E-state index contributed by atoms with van der Waals surface area (Å²) < 4.78 is 12.9. The first-order valence-electron chi connectivity index (χ1n) is 4.86. The minimum atomic E-state index is -0.297. The molecule has 0 radical (unpaired) electrons. The third-order valence-corrected chi connectivity index (χ3v) is 2.55. The highest BCUT2D eigenvalue weighted by atomic mass is 35.5. The minimum Gasteiger partial charge on any atom is -0.341 e. The largest absolute Gasteiger partial charge is 0.341 e. The lowest BCUT2D eigenvalue weighted by molar-refractivity contribution is 0.628. The number of imidazole rings is 1. The van der Waals surface area contributed by atoms with Crippen molar-refractivity contribution in [3.63, 3.8) is 0 Å². The van der Waals surface area contributed by atoms with Gasteiger partial charge in [0.2, 0.25) is 5.28 Å². The molecule has 3 aromatic rings. The van der Waals surface area contributed by atoms with Gasteiger partial charge in [0.05, 0.1) is 6.33 Å². The van der Waals surface area contributed by atoms with Gasteiger partial charge in [-0.2, -0.15) is 4.98 Å². The van der Waals surface area contributed by atoms with E-state index in [0.29, 0.717) is 16.9 Å². The van der Waals surface area contributed by atoms with Crippen LogP contribution in [0.4, 0.5) is 4.39 Å². The molecule has 17 heavy (non-hydrogen) atoms. The Hall–Kier alpha value is -2.01. The number of H-pyrrole nitrogens is 1. The highest BCUT2D eigenvalue weighted by Crippen LogP contribution is 2.25. The van der Waals surface area contributed by atoms with E-state index >= 15 is 0 Å². The predicted molar refractivity (Wildman–Crippen MR) is 62.1 cm³/mol. The number of aromatic amines is 1. The summed E-state index contributed by atoms with van der Waals surface area (Å²) in [4.78, 5) is 15.1. The Kier molecular flexibility index (Phi) is 2.26. The normalized spacial score (nSPS) is 10.9. The van der Waals surface area contributed by atoms with Crippen LogP contribution in [-0.4, -0.2) is 19.9 Å². The van der Waals surface area contributed by atoms with E-state index in [2.05, 4.69) is 19.9 Å². The van der Waals surface area contributed by atoms with Crippen molar-refractivity contribution in [1.29, 1.82) is 0 Å². The van der Waals surface area contributed by atoms with Crippen LogP contribution in [0.1, 0.15) is 0 Å². The van der Waals surface area contributed by atoms with E-state index in [0.717, 1.165) is 5.56 Å². The van der Waals surface area contributed by atoms with E-state index in [-0.39, 0.29) is 11.1 Å². The number of benzene rings is 1. The van der Waals surface area contributed by atoms with E-state index in [4.69, 9.17) is 11.6 Å². The van der Waals surface area contributed by atoms with Gasteiger partial charge < -0.3 is 4.98 Å². The lowest BCUT2D eigenvalue weighted by Crippen LogP contribution is -1.90. The Labute approximate surface area is 101 Å². The standard InChI is InChI=1S/C11H6ClFN4/c12-11-16-8(6-1-3-7(13)4-2-6)9-10(17-11)15-5-14-9/h1-5H,(H,14,15,16,17). The number of hydrogen-bond acceptors (Lipinski definition) is 3. The van der Waals surface area contributed by atoms with Crippen molar-refractivity contribution in [3.05, 3.63) is 41.7 Å². The molecule has 0 bridgehead atoms. The van der Waals surface area contributed by atoms with E-state index in [1.54, 1.807) is 12.1 Å². The van der Waals surface area contributed by atoms with E-state index in [9.17, 15) is 4.39 Å². The molecular weight excluding hydrogens is 243 g/mol. The molecule has 1 N–H and O–H groups in total. The highest BCUT2D eigenvalue weighted by Gasteiger charge is 2.10. The number of nitrogens with zero attached hydrogens (tertiary/aromatic N) is 3. The second-order valence-electron chi connectivity index (χ2n) is 3.45. The molecule has 4 nitrogen and oxygen atoms in total. The number of rotatable bonds is 1. The summed E-state index contributed by atoms with van der Waals surface area (Å²) >= 11 is 5.81. The lowest BCUT2D eigenvalue weighted by atomic mass is 10.1. The van der Waals surface area contributed by atoms with Gasteiger partial charge in [-0.1, -0.05) is 0 Å². The first kappa shape index (κ1) is 10.2. The molecule has 0 unspecified atom stereocenters. The summed E-state index contributed by atoms with van der Waals surface area (Å²) in [7, 11) is 0. The summed E-state index contributed by atoms with van der Waals surface area (Å²) in [6.07, 6.45) is 1.52. The zero-order chi connectivity index (χ0) is 11.8. The Morgan fingerprint density at radius 3 is 2.65 bits per heavy atom. The molecule has 0 fully saturated rings. The molecule has 0 saturated carbocycles. The summed E-state index contributed by atoms with van der Waals surface area (Å²) in [5, 5.41) is 0.115. The van der Waals surface area contributed by atoms with Gasteiger partial charge in [-0.05, 0) is 35.9 Å². The number of nitrogens with one attached hydrogen (secondary N) is 1. The van der Waals surface area contributed by atoms with Gasteiger partial charge >= 0.3 is 0 Å². The van der Waals surface area contributed by atoms with Crippen molar-refractivity contribution in [2.24, 2.45) is 0 Å². The fraction of sp³-hybridized carbons (Fsp3) is 0. The molecule has 3 rings (SSSR count). The van der Waals surface area contributed by atoms with Crippen LogP contribution in [0.25, 0.3) is 22.4 Å². The number of hydrogen-bond donors (Lipinski definition) is 1. The van der Waals surface area contributed by atoms with Gasteiger partial charge in [-0.25, -0.2) is 14.4 Å². The molecule has 2 heterocycles. The highest BCUT2D eigenvalue weighted by molar-refractivity contribution is 6.28. The van der Waals surface area contributed by atoms with E-state index in [1.165, 1.54) is 18.5 Å². The van der Waals surface area contributed by atoms with E-state index in [1.807, 2.05) is 0 Å². The molecule has 0 spiro atoms. The average Bonchev–Trinajstić information content (AvgIpc) is 2.77. The van der Waals surface area contributed by atoms with E-state index < -0.39 is 0 Å². The van der Waals surface area contributed by atoms with Crippen LogP contribution in [0, 0.1) is 5.82 Å². The molecule has 84 valence electrons. The first-order chi connectivity index (χ1) is 8.24. The number of aromatic nitrogens is 4. The van der Waals surface area contributed by atoms with Crippen molar-refractivity contribution in [1.82, 2.24) is 19.9 Å². The second-order valence-corrected chi connectivity index (χ2v) is 3.79. The maximum Gasteiger partial charge on any atom is 0.225 e. The van der Waals surface area contributed by atoms with Gasteiger partial charge in [-0.15, -0.1) is 0 Å². The van der Waals surface area contributed by atoms with Crippen LogP contribution in [0.15, 0.2) is 30.6 Å². The molecule has 1 aromatic carbocycles. The van der Waals surface area contributed by atoms with Crippen LogP contribution in [-0.2, 0) is 0 Å². The zero-order valence-electron chi connectivity index (χ0n) is 8.48. The van der Waals surface area contributed by atoms with Crippen molar-refractivity contribution in [3.8, 4) is 11.3 Å². The third kappa shape index (κ3) is 1.74. The molecule has 0 amide bonds. The zero-order valence-corrected chi connectivity index (χ0v) is 9.24. The smallest absolute Gasteiger partial charge is 0.225 e. The van der Waals surface area contributed by atoms with Gasteiger partial charge in [0.15, 0.2) is 5.65 Å². The lowest BCUT2D eigenvalue weighted by Gasteiger charge is -2.02. The molecule has 0 atom stereocenters. The maximum atomic E-state index is 12.9. The summed E-state index contributed by atoms with van der Waals surface area (Å²) in [6, 6.07) is 6.00. The van der Waals surface area contributed by atoms with Crippen LogP contribution in [0.5, 0.6) is 0 Å². The molecule has 6 heteroatoms. The molecule has 0 aliphatic carbocycles. The topological polar surface area (TPSA) is 54.5 Å². The van der Waals surface area contributed by atoms with Crippen LogP contribution < -0.4 is 0 Å². The maximum absolute atomic E-state index is 12.9. The Balaban J connectivity index is 2.28. The molecule has 0 saturated heterocycles. The first-order valence-corrected chi connectivity index (χ1v) is 5.24. The fourth-order valence-corrected chi connectivity index (χ4v) is 1.79. The van der Waals surface area contributed by atoms with Gasteiger partial charge in [0.1, 0.15) is 17.0 Å². The quantitative estimate of drug-likeness (QED) is 0.674. The second kappa shape index (κ2) is 3.78. The number of fused-ring (bicyclic) bond motifs is 1. The van der Waals surface area contributed by atoms with Crippen molar-refractivity contribution < 1.29 is 4.39 Å². The van der Waals surface area contributed by atoms with Crippen LogP contribution in [0.2, 0.25) is 5.28 Å². The summed E-state index contributed by atoms with van der Waals surface area (Å²) in [6.45, 7) is 0. The summed E-state index contributed by atoms with van der Waals surface area (Å²) in [5.41, 5.74) is 2.53. The van der Waals surface area contributed by atoms with Crippen molar-refractivity contribution in [2.45, 2.75) is 0 Å². The third-order valence-electron chi connectivity index (χ3n) is 2.38. The summed E-state index contributed by atoms with van der Waals surface area (Å²) in [5.74, 6) is -0.297. The SMILES string of the molecule is Fc1ccc(-c2nc(Cl)nc3nc[nH]c23)cc1. The predicted octanol–water partition coefficient (Wildman–Crippen LogP) is 2.81.